The number of sulfonamides is 1. The normalized spacial score (nSPS) is 11.1. The fraction of sp³-hybridized carbons (Fsp3) is 0.0952. The molecule has 5 nitrogen and oxygen atoms in total. The summed E-state index contributed by atoms with van der Waals surface area (Å²) in [5.74, 6) is -0.0754. The van der Waals surface area contributed by atoms with E-state index in [0.717, 1.165) is 5.56 Å². The van der Waals surface area contributed by atoms with Gasteiger partial charge in [-0.1, -0.05) is 41.9 Å². The first-order valence-corrected chi connectivity index (χ1v) is 10.3. The SMILES string of the molecule is CN(c1ccc(OC(=O)Cc2ccc(Cl)cc2)cc1)S(=O)(=O)c1ccccc1. The van der Waals surface area contributed by atoms with Crippen LogP contribution in [0.1, 0.15) is 5.56 Å². The highest BCUT2D eigenvalue weighted by molar-refractivity contribution is 7.92. The van der Waals surface area contributed by atoms with Crippen molar-refractivity contribution in [2.75, 3.05) is 11.4 Å². The van der Waals surface area contributed by atoms with E-state index in [0.29, 0.717) is 16.5 Å². The van der Waals surface area contributed by atoms with Crippen molar-refractivity contribution in [1.82, 2.24) is 0 Å². The molecule has 0 amide bonds. The molecule has 0 fully saturated rings. The minimum atomic E-state index is -3.66. The van der Waals surface area contributed by atoms with E-state index < -0.39 is 16.0 Å². The van der Waals surface area contributed by atoms with Crippen LogP contribution in [0, 0.1) is 0 Å². The highest BCUT2D eigenvalue weighted by atomic mass is 35.5. The van der Waals surface area contributed by atoms with Crippen LogP contribution in [-0.4, -0.2) is 21.4 Å². The molecular weight excluding hydrogens is 398 g/mol. The molecule has 3 aromatic rings. The number of halogens is 1. The molecule has 0 saturated carbocycles. The number of carbonyl (C=O) groups is 1. The maximum absolute atomic E-state index is 12.7. The predicted molar refractivity (Wildman–Crippen MR) is 109 cm³/mol. The Bertz CT molecular complexity index is 1050. The lowest BCUT2D eigenvalue weighted by molar-refractivity contribution is -0.133. The third-order valence-corrected chi connectivity index (χ3v) is 6.15. The molecule has 0 N–H and O–H groups in total. The summed E-state index contributed by atoms with van der Waals surface area (Å²) < 4.78 is 31.8. The number of hydrogen-bond acceptors (Lipinski definition) is 4. The van der Waals surface area contributed by atoms with Crippen LogP contribution >= 0.6 is 11.6 Å². The third-order valence-electron chi connectivity index (χ3n) is 4.10. The van der Waals surface area contributed by atoms with E-state index in [9.17, 15) is 13.2 Å². The molecule has 28 heavy (non-hydrogen) atoms. The molecule has 0 aliphatic rings. The summed E-state index contributed by atoms with van der Waals surface area (Å²) in [5.41, 5.74) is 1.25. The number of hydrogen-bond donors (Lipinski definition) is 0. The van der Waals surface area contributed by atoms with Crippen LogP contribution in [0.25, 0.3) is 0 Å². The summed E-state index contributed by atoms with van der Waals surface area (Å²) in [6.07, 6.45) is 0.112. The van der Waals surface area contributed by atoms with Crippen molar-refractivity contribution >= 4 is 33.3 Å². The van der Waals surface area contributed by atoms with Crippen molar-refractivity contribution in [2.24, 2.45) is 0 Å². The number of carbonyl (C=O) groups excluding carboxylic acids is 1. The van der Waals surface area contributed by atoms with E-state index in [1.54, 1.807) is 78.9 Å². The zero-order chi connectivity index (χ0) is 20.1. The molecule has 0 radical (unpaired) electrons. The fourth-order valence-corrected chi connectivity index (χ4v) is 3.89. The number of ether oxygens (including phenoxy) is 1. The van der Waals surface area contributed by atoms with Crippen molar-refractivity contribution in [2.45, 2.75) is 11.3 Å². The zero-order valence-electron chi connectivity index (χ0n) is 15.1. The molecule has 0 aromatic heterocycles. The summed E-state index contributed by atoms with van der Waals surface area (Å²) in [5, 5.41) is 0.599. The van der Waals surface area contributed by atoms with Gasteiger partial charge in [0, 0.05) is 12.1 Å². The molecular formula is C21H18ClNO4S. The molecule has 0 bridgehead atoms. The quantitative estimate of drug-likeness (QED) is 0.444. The lowest BCUT2D eigenvalue weighted by Gasteiger charge is -2.19. The Hall–Kier alpha value is -2.83. The number of rotatable bonds is 6. The molecule has 0 unspecified atom stereocenters. The van der Waals surface area contributed by atoms with E-state index in [4.69, 9.17) is 16.3 Å². The first-order valence-electron chi connectivity index (χ1n) is 8.45. The molecule has 3 rings (SSSR count). The topological polar surface area (TPSA) is 63.7 Å². The maximum atomic E-state index is 12.7. The van der Waals surface area contributed by atoms with E-state index >= 15 is 0 Å². The molecule has 0 heterocycles. The summed E-state index contributed by atoms with van der Waals surface area (Å²) in [4.78, 5) is 12.3. The van der Waals surface area contributed by atoms with Gasteiger partial charge in [-0.3, -0.25) is 9.10 Å². The number of anilines is 1. The van der Waals surface area contributed by atoms with Crippen molar-refractivity contribution in [3.63, 3.8) is 0 Å². The van der Waals surface area contributed by atoms with Crippen LogP contribution in [0.15, 0.2) is 83.8 Å². The molecule has 0 aliphatic carbocycles. The second-order valence-electron chi connectivity index (χ2n) is 6.06. The Morgan fingerprint density at radius 1 is 0.929 bits per heavy atom. The van der Waals surface area contributed by atoms with Gasteiger partial charge in [-0.05, 0) is 54.1 Å². The number of esters is 1. The Labute approximate surface area is 169 Å². The minimum absolute atomic E-state index is 0.112. The molecule has 0 atom stereocenters. The molecule has 0 aliphatic heterocycles. The Morgan fingerprint density at radius 3 is 2.14 bits per heavy atom. The smallest absolute Gasteiger partial charge is 0.315 e. The Morgan fingerprint density at radius 2 is 1.54 bits per heavy atom. The van der Waals surface area contributed by atoms with Crippen molar-refractivity contribution in [1.29, 1.82) is 0 Å². The van der Waals surface area contributed by atoms with Crippen LogP contribution in [0.2, 0.25) is 5.02 Å². The van der Waals surface area contributed by atoms with Gasteiger partial charge in [0.2, 0.25) is 0 Å². The first-order chi connectivity index (χ1) is 13.4. The average Bonchev–Trinajstić information content (AvgIpc) is 2.70. The lowest BCUT2D eigenvalue weighted by Crippen LogP contribution is -2.26. The van der Waals surface area contributed by atoms with Gasteiger partial charge in [0.1, 0.15) is 5.75 Å². The fourth-order valence-electron chi connectivity index (χ4n) is 2.55. The van der Waals surface area contributed by atoms with Crippen LogP contribution in [-0.2, 0) is 21.2 Å². The largest absolute Gasteiger partial charge is 0.426 e. The van der Waals surface area contributed by atoms with Gasteiger partial charge < -0.3 is 4.74 Å². The summed E-state index contributed by atoms with van der Waals surface area (Å²) in [6.45, 7) is 0. The zero-order valence-corrected chi connectivity index (χ0v) is 16.7. The highest BCUT2D eigenvalue weighted by Crippen LogP contribution is 2.24. The second-order valence-corrected chi connectivity index (χ2v) is 8.46. The molecule has 3 aromatic carbocycles. The highest BCUT2D eigenvalue weighted by Gasteiger charge is 2.20. The van der Waals surface area contributed by atoms with E-state index in [2.05, 4.69) is 0 Å². The number of nitrogens with zero attached hydrogens (tertiary/aromatic N) is 1. The van der Waals surface area contributed by atoms with Crippen LogP contribution in [0.4, 0.5) is 5.69 Å². The summed E-state index contributed by atoms with van der Waals surface area (Å²) in [6, 6.07) is 21.4. The van der Waals surface area contributed by atoms with Crippen molar-refractivity contribution in [3.8, 4) is 5.75 Å². The van der Waals surface area contributed by atoms with Crippen LogP contribution in [0.3, 0.4) is 0 Å². The van der Waals surface area contributed by atoms with Crippen molar-refractivity contribution < 1.29 is 17.9 Å². The van der Waals surface area contributed by atoms with Crippen LogP contribution in [0.5, 0.6) is 5.75 Å². The van der Waals surface area contributed by atoms with Crippen LogP contribution < -0.4 is 9.04 Å². The molecule has 7 heteroatoms. The Kier molecular flexibility index (Phi) is 6.02. The minimum Gasteiger partial charge on any atom is -0.426 e. The van der Waals surface area contributed by atoms with Gasteiger partial charge in [-0.25, -0.2) is 8.42 Å². The van der Waals surface area contributed by atoms with Gasteiger partial charge in [0.25, 0.3) is 10.0 Å². The summed E-state index contributed by atoms with van der Waals surface area (Å²) >= 11 is 5.83. The third kappa shape index (κ3) is 4.71. The lowest BCUT2D eigenvalue weighted by atomic mass is 10.1. The van der Waals surface area contributed by atoms with E-state index in [-0.39, 0.29) is 11.3 Å². The van der Waals surface area contributed by atoms with Gasteiger partial charge in [-0.15, -0.1) is 0 Å². The van der Waals surface area contributed by atoms with Gasteiger partial charge in [0.15, 0.2) is 0 Å². The van der Waals surface area contributed by atoms with E-state index in [1.165, 1.54) is 11.4 Å². The monoisotopic (exact) mass is 415 g/mol. The standard InChI is InChI=1S/C21H18ClNO4S/c1-23(28(25,26)20-5-3-2-4-6-20)18-11-13-19(14-12-18)27-21(24)15-16-7-9-17(22)10-8-16/h2-14H,15H2,1H3. The molecule has 0 saturated heterocycles. The number of benzene rings is 3. The summed E-state index contributed by atoms with van der Waals surface area (Å²) in [7, 11) is -2.18. The predicted octanol–water partition coefficient (Wildman–Crippen LogP) is 4.31. The Balaban J connectivity index is 1.67. The molecule has 144 valence electrons. The molecule has 0 spiro atoms. The second kappa shape index (κ2) is 8.46. The van der Waals surface area contributed by atoms with Gasteiger partial charge >= 0.3 is 5.97 Å². The van der Waals surface area contributed by atoms with Gasteiger partial charge in [0.05, 0.1) is 17.0 Å². The maximum Gasteiger partial charge on any atom is 0.315 e. The first kappa shape index (κ1) is 19.9. The van der Waals surface area contributed by atoms with Crippen molar-refractivity contribution in [3.05, 3.63) is 89.4 Å². The van der Waals surface area contributed by atoms with Gasteiger partial charge in [-0.2, -0.15) is 0 Å². The average molecular weight is 416 g/mol. The van der Waals surface area contributed by atoms with E-state index in [1.807, 2.05) is 0 Å².